The number of hydrogen-bond donors (Lipinski definition) is 0. The number of hydrogen-bond acceptors (Lipinski definition) is 5. The van der Waals surface area contributed by atoms with E-state index in [0.717, 1.165) is 12.1 Å². The molecule has 0 aromatic carbocycles. The Labute approximate surface area is 132 Å². The van der Waals surface area contributed by atoms with Crippen LogP contribution < -0.4 is 5.56 Å². The Balaban J connectivity index is 1.47. The van der Waals surface area contributed by atoms with Crippen molar-refractivity contribution in [1.82, 2.24) is 29.7 Å². The van der Waals surface area contributed by atoms with Crippen molar-refractivity contribution in [3.8, 4) is 0 Å². The fraction of sp³-hybridized carbons (Fsp3) is 0.533. The Morgan fingerprint density at radius 3 is 2.83 bits per heavy atom. The maximum atomic E-state index is 12.5. The van der Waals surface area contributed by atoms with Crippen molar-refractivity contribution in [3.63, 3.8) is 0 Å². The quantitative estimate of drug-likeness (QED) is 0.815. The van der Waals surface area contributed by atoms with E-state index in [-0.39, 0.29) is 17.5 Å². The van der Waals surface area contributed by atoms with Gasteiger partial charge in [-0.3, -0.25) is 9.59 Å². The molecular weight excluding hydrogens is 296 g/mol. The largest absolute Gasteiger partial charge is 0.335 e. The Morgan fingerprint density at radius 2 is 2.09 bits per heavy atom. The molecule has 1 aliphatic carbocycles. The van der Waals surface area contributed by atoms with E-state index in [2.05, 4.69) is 15.4 Å². The lowest BCUT2D eigenvalue weighted by molar-refractivity contribution is 0.0778. The molecule has 4 rings (SSSR count). The van der Waals surface area contributed by atoms with Gasteiger partial charge in [0.2, 0.25) is 0 Å². The zero-order valence-electron chi connectivity index (χ0n) is 12.9. The molecule has 0 bridgehead atoms. The predicted molar refractivity (Wildman–Crippen MR) is 81.0 cm³/mol. The molecular formula is C15H18N6O2. The standard InChI is InChI=1S/C15H18N6O2/c1-19-14(22)5-4-12(17-19)15(23)20-7-6-11(8-20)21-9-13(16-18-21)10-2-3-10/h4-5,9-11H,2-3,6-8H2,1H3. The molecule has 1 unspecified atom stereocenters. The van der Waals surface area contributed by atoms with Crippen molar-refractivity contribution in [2.45, 2.75) is 31.2 Å². The number of carbonyl (C=O) groups is 1. The minimum Gasteiger partial charge on any atom is -0.335 e. The normalized spacial score (nSPS) is 20.9. The predicted octanol–water partition coefficient (Wildman–Crippen LogP) is 0.336. The smallest absolute Gasteiger partial charge is 0.274 e. The Kier molecular flexibility index (Phi) is 3.24. The highest BCUT2D eigenvalue weighted by molar-refractivity contribution is 5.92. The molecule has 2 aromatic rings. The van der Waals surface area contributed by atoms with Gasteiger partial charge in [-0.1, -0.05) is 5.21 Å². The summed E-state index contributed by atoms with van der Waals surface area (Å²) in [5.74, 6) is 0.434. The van der Waals surface area contributed by atoms with E-state index in [0.29, 0.717) is 24.7 Å². The first-order valence-corrected chi connectivity index (χ1v) is 7.87. The molecule has 1 aliphatic heterocycles. The van der Waals surface area contributed by atoms with Gasteiger partial charge in [0.15, 0.2) is 0 Å². The van der Waals surface area contributed by atoms with Crippen molar-refractivity contribution in [2.75, 3.05) is 13.1 Å². The zero-order valence-corrected chi connectivity index (χ0v) is 12.9. The maximum Gasteiger partial charge on any atom is 0.274 e. The Hall–Kier alpha value is -2.51. The summed E-state index contributed by atoms with van der Waals surface area (Å²) in [6, 6.07) is 3.01. The molecule has 23 heavy (non-hydrogen) atoms. The monoisotopic (exact) mass is 314 g/mol. The van der Waals surface area contributed by atoms with Crippen LogP contribution in [0.15, 0.2) is 23.1 Å². The Bertz CT molecular complexity index is 806. The number of amides is 1. The van der Waals surface area contributed by atoms with Gasteiger partial charge in [0.05, 0.1) is 11.7 Å². The third-order valence-electron chi connectivity index (χ3n) is 4.53. The van der Waals surface area contributed by atoms with E-state index in [1.165, 1.54) is 29.7 Å². The van der Waals surface area contributed by atoms with Gasteiger partial charge in [-0.2, -0.15) is 5.10 Å². The van der Waals surface area contributed by atoms with E-state index in [1.54, 1.807) is 11.9 Å². The summed E-state index contributed by atoms with van der Waals surface area (Å²) >= 11 is 0. The van der Waals surface area contributed by atoms with E-state index in [9.17, 15) is 9.59 Å². The van der Waals surface area contributed by atoms with Gasteiger partial charge in [0.1, 0.15) is 5.69 Å². The topological polar surface area (TPSA) is 85.9 Å². The first-order chi connectivity index (χ1) is 11.1. The fourth-order valence-corrected chi connectivity index (χ4v) is 2.96. The molecule has 1 saturated heterocycles. The third kappa shape index (κ3) is 2.64. The van der Waals surface area contributed by atoms with E-state index >= 15 is 0 Å². The highest BCUT2D eigenvalue weighted by Gasteiger charge is 2.31. The number of likely N-dealkylation sites (tertiary alicyclic amines) is 1. The molecule has 3 heterocycles. The minimum absolute atomic E-state index is 0.148. The van der Waals surface area contributed by atoms with Crippen LogP contribution in [0, 0.1) is 0 Å². The second-order valence-electron chi connectivity index (χ2n) is 6.27. The number of nitrogens with zero attached hydrogens (tertiary/aromatic N) is 6. The Morgan fingerprint density at radius 1 is 1.26 bits per heavy atom. The molecule has 1 saturated carbocycles. The lowest BCUT2D eigenvalue weighted by Crippen LogP contribution is -2.32. The molecule has 8 heteroatoms. The van der Waals surface area contributed by atoms with Gasteiger partial charge in [0, 0.05) is 38.3 Å². The van der Waals surface area contributed by atoms with Crippen molar-refractivity contribution in [3.05, 3.63) is 40.1 Å². The second kappa shape index (κ2) is 5.29. The molecule has 8 nitrogen and oxygen atoms in total. The average Bonchev–Trinajstić information content (AvgIpc) is 3.09. The van der Waals surface area contributed by atoms with Crippen LogP contribution in [0.25, 0.3) is 0 Å². The van der Waals surface area contributed by atoms with Gasteiger partial charge < -0.3 is 4.90 Å². The molecule has 1 amide bonds. The number of carbonyl (C=O) groups excluding carboxylic acids is 1. The second-order valence-corrected chi connectivity index (χ2v) is 6.27. The SMILES string of the molecule is Cn1nc(C(=O)N2CCC(n3cc(C4CC4)nn3)C2)ccc1=O. The lowest BCUT2D eigenvalue weighted by Gasteiger charge is -2.16. The van der Waals surface area contributed by atoms with Crippen LogP contribution in [0.2, 0.25) is 0 Å². The molecule has 0 radical (unpaired) electrons. The molecule has 2 aromatic heterocycles. The summed E-state index contributed by atoms with van der Waals surface area (Å²) in [5, 5.41) is 12.5. The van der Waals surface area contributed by atoms with Crippen LogP contribution >= 0.6 is 0 Å². The van der Waals surface area contributed by atoms with Crippen LogP contribution in [0.5, 0.6) is 0 Å². The maximum absolute atomic E-state index is 12.5. The third-order valence-corrected chi connectivity index (χ3v) is 4.53. The highest BCUT2D eigenvalue weighted by atomic mass is 16.2. The number of aromatic nitrogens is 5. The summed E-state index contributed by atoms with van der Waals surface area (Å²) in [6.07, 6.45) is 5.27. The van der Waals surface area contributed by atoms with Gasteiger partial charge in [0.25, 0.3) is 11.5 Å². The summed E-state index contributed by atoms with van der Waals surface area (Å²) in [7, 11) is 1.54. The van der Waals surface area contributed by atoms with Crippen molar-refractivity contribution in [1.29, 1.82) is 0 Å². The van der Waals surface area contributed by atoms with Crippen LogP contribution in [0.3, 0.4) is 0 Å². The first-order valence-electron chi connectivity index (χ1n) is 7.87. The summed E-state index contributed by atoms with van der Waals surface area (Å²) in [5.41, 5.74) is 1.13. The molecule has 1 atom stereocenters. The number of rotatable bonds is 3. The van der Waals surface area contributed by atoms with Crippen molar-refractivity contribution < 1.29 is 4.79 Å². The average molecular weight is 314 g/mol. The van der Waals surface area contributed by atoms with Crippen LogP contribution in [0.4, 0.5) is 0 Å². The van der Waals surface area contributed by atoms with Gasteiger partial charge >= 0.3 is 0 Å². The van der Waals surface area contributed by atoms with Crippen molar-refractivity contribution >= 4 is 5.91 Å². The molecule has 2 fully saturated rings. The van der Waals surface area contributed by atoms with Gasteiger partial charge in [-0.15, -0.1) is 5.10 Å². The zero-order chi connectivity index (χ0) is 16.0. The minimum atomic E-state index is -0.226. The van der Waals surface area contributed by atoms with E-state index < -0.39 is 0 Å². The first kappa shape index (κ1) is 14.1. The van der Waals surface area contributed by atoms with Gasteiger partial charge in [-0.05, 0) is 25.3 Å². The number of aryl methyl sites for hydroxylation is 1. The molecule has 0 N–H and O–H groups in total. The van der Waals surface area contributed by atoms with E-state index in [1.807, 2.05) is 10.9 Å². The fourth-order valence-electron chi connectivity index (χ4n) is 2.96. The van der Waals surface area contributed by atoms with Crippen LogP contribution in [-0.4, -0.2) is 48.7 Å². The highest BCUT2D eigenvalue weighted by Crippen LogP contribution is 2.39. The van der Waals surface area contributed by atoms with Crippen molar-refractivity contribution in [2.24, 2.45) is 7.05 Å². The van der Waals surface area contributed by atoms with E-state index in [4.69, 9.17) is 0 Å². The van der Waals surface area contributed by atoms with Crippen LogP contribution in [0.1, 0.15) is 47.4 Å². The molecule has 120 valence electrons. The van der Waals surface area contributed by atoms with Gasteiger partial charge in [-0.25, -0.2) is 9.36 Å². The summed E-state index contributed by atoms with van der Waals surface area (Å²) in [6.45, 7) is 1.25. The summed E-state index contributed by atoms with van der Waals surface area (Å²) in [4.78, 5) is 25.6. The summed E-state index contributed by atoms with van der Waals surface area (Å²) < 4.78 is 3.06. The molecule has 2 aliphatic rings. The van der Waals surface area contributed by atoms with Crippen LogP contribution in [-0.2, 0) is 7.05 Å². The molecule has 0 spiro atoms. The lowest BCUT2D eigenvalue weighted by atomic mass is 10.2.